The highest BCUT2D eigenvalue weighted by Gasteiger charge is 2.54. The van der Waals surface area contributed by atoms with Crippen LogP contribution in [0.15, 0.2) is 12.1 Å². The van der Waals surface area contributed by atoms with Crippen LogP contribution in [0.4, 0.5) is 5.95 Å². The Hall–Kier alpha value is -1.91. The zero-order valence-electron chi connectivity index (χ0n) is 16.7. The first-order chi connectivity index (χ1) is 12.9. The van der Waals surface area contributed by atoms with Gasteiger partial charge in [-0.2, -0.15) is 0 Å². The number of aryl methyl sites for hydroxylation is 1. The van der Waals surface area contributed by atoms with Crippen LogP contribution in [0.5, 0.6) is 0 Å². The Labute approximate surface area is 168 Å². The summed E-state index contributed by atoms with van der Waals surface area (Å²) in [6, 6.07) is 4.42. The van der Waals surface area contributed by atoms with Gasteiger partial charge in [0.25, 0.3) is 0 Å². The van der Waals surface area contributed by atoms with Crippen LogP contribution in [0.1, 0.15) is 78.0 Å². The number of amides is 1. The van der Waals surface area contributed by atoms with Gasteiger partial charge in [-0.1, -0.05) is 21.3 Å². The minimum Gasteiger partial charge on any atom is -0.296 e. The van der Waals surface area contributed by atoms with Crippen molar-refractivity contribution in [3.05, 3.63) is 17.8 Å². The molecular weight excluding hydrogens is 348 g/mol. The summed E-state index contributed by atoms with van der Waals surface area (Å²) in [7, 11) is 0. The predicted molar refractivity (Wildman–Crippen MR) is 113 cm³/mol. The number of pyridine rings is 1. The molecule has 1 N–H and O–H groups in total. The van der Waals surface area contributed by atoms with Crippen molar-refractivity contribution >= 4 is 23.0 Å². The summed E-state index contributed by atoms with van der Waals surface area (Å²) in [5.41, 5.74) is 3.20. The Morgan fingerprint density at radius 1 is 1.21 bits per heavy atom. The van der Waals surface area contributed by atoms with Crippen LogP contribution < -0.4 is 5.32 Å². The zero-order chi connectivity index (χ0) is 18.8. The first kappa shape index (κ1) is 19.4. The molecule has 0 unspecified atom stereocenters. The smallest absolute Gasteiger partial charge is 0.226 e. The fourth-order valence-corrected chi connectivity index (χ4v) is 5.77. The number of carbonyl (C=O) groups is 1. The number of rotatable bonds is 4. The molecule has 4 aliphatic carbocycles. The molecule has 4 fully saturated rings. The first-order valence-corrected chi connectivity index (χ1v) is 10.6. The summed E-state index contributed by atoms with van der Waals surface area (Å²) in [5, 5.41) is 3.15. The van der Waals surface area contributed by atoms with Gasteiger partial charge in [-0.25, -0.2) is 9.97 Å². The molecular formula is C23H34N4O. The maximum atomic E-state index is 12.9. The van der Waals surface area contributed by atoms with Crippen molar-refractivity contribution in [3.8, 4) is 0 Å². The highest BCUT2D eigenvalue weighted by Crippen LogP contribution is 2.62. The van der Waals surface area contributed by atoms with Crippen molar-refractivity contribution in [2.24, 2.45) is 23.2 Å². The number of hydrogen-bond donors (Lipinski definition) is 1. The number of nitrogens with zero attached hydrogens (tertiary/aromatic N) is 3. The van der Waals surface area contributed by atoms with Gasteiger partial charge < -0.3 is 0 Å². The van der Waals surface area contributed by atoms with Gasteiger partial charge in [0.2, 0.25) is 11.9 Å². The summed E-state index contributed by atoms with van der Waals surface area (Å²) < 4.78 is 2.17. The van der Waals surface area contributed by atoms with Crippen molar-refractivity contribution in [1.82, 2.24) is 14.5 Å². The van der Waals surface area contributed by atoms with Gasteiger partial charge in [0.05, 0.1) is 0 Å². The summed E-state index contributed by atoms with van der Waals surface area (Å²) in [6.45, 7) is 6.78. The quantitative estimate of drug-likeness (QED) is 0.759. The topological polar surface area (TPSA) is 59.8 Å². The lowest BCUT2D eigenvalue weighted by Gasteiger charge is -2.60. The molecule has 3 atom stereocenters. The number of nitrogens with one attached hydrogen (secondary N) is 1. The number of fused-ring (bicyclic) bond motifs is 3. The van der Waals surface area contributed by atoms with E-state index >= 15 is 0 Å². The molecule has 5 heteroatoms. The Morgan fingerprint density at radius 2 is 2.00 bits per heavy atom. The largest absolute Gasteiger partial charge is 0.296 e. The van der Waals surface area contributed by atoms with E-state index < -0.39 is 0 Å². The van der Waals surface area contributed by atoms with E-state index in [0.717, 1.165) is 35.6 Å². The van der Waals surface area contributed by atoms with Crippen LogP contribution >= 0.6 is 0 Å². The third kappa shape index (κ3) is 2.94. The number of aromatic nitrogens is 3. The molecule has 0 aliphatic heterocycles. The van der Waals surface area contributed by atoms with E-state index in [-0.39, 0.29) is 13.3 Å². The summed E-state index contributed by atoms with van der Waals surface area (Å²) in [5.74, 6) is 2.91. The molecule has 152 valence electrons. The highest BCUT2D eigenvalue weighted by molar-refractivity contribution is 5.91. The van der Waals surface area contributed by atoms with Gasteiger partial charge in [0.15, 0.2) is 5.65 Å². The zero-order valence-corrected chi connectivity index (χ0v) is 16.7. The van der Waals surface area contributed by atoms with E-state index in [2.05, 4.69) is 23.7 Å². The normalized spacial score (nSPS) is 28.2. The van der Waals surface area contributed by atoms with Gasteiger partial charge in [-0.15, -0.1) is 0 Å². The fourth-order valence-electron chi connectivity index (χ4n) is 5.77. The van der Waals surface area contributed by atoms with Crippen molar-refractivity contribution in [2.45, 2.75) is 79.2 Å². The molecule has 28 heavy (non-hydrogen) atoms. The maximum absolute atomic E-state index is 12.9. The van der Waals surface area contributed by atoms with Crippen LogP contribution in [-0.2, 0) is 4.79 Å². The Kier molecular flexibility index (Phi) is 4.75. The van der Waals surface area contributed by atoms with E-state index in [1.165, 1.54) is 25.7 Å². The third-order valence-corrected chi connectivity index (χ3v) is 7.82. The Bertz CT molecular complexity index is 893. The minimum absolute atomic E-state index is 0. The summed E-state index contributed by atoms with van der Waals surface area (Å²) in [6.07, 6.45) is 7.95. The molecule has 2 bridgehead atoms. The standard InChI is InChI=1S/C22H30N4O.CH4/c1-13-7-10-18-20(23-13)26(16-5-4-6-16)21(24-18)25-19(27)11-14-8-9-15-12-17(14)22(15,2)3;/h7,10,14-17H,4-6,8-9,11-12H2,1-3H3,(H,24,25,27);1H4/t14-,15-,17-;/m0./s1. The molecule has 4 saturated carbocycles. The van der Waals surface area contributed by atoms with Crippen LogP contribution in [0.3, 0.4) is 0 Å². The van der Waals surface area contributed by atoms with Gasteiger partial charge in [0.1, 0.15) is 5.52 Å². The number of anilines is 1. The minimum atomic E-state index is 0. The van der Waals surface area contributed by atoms with Crippen molar-refractivity contribution in [2.75, 3.05) is 5.32 Å². The summed E-state index contributed by atoms with van der Waals surface area (Å²) >= 11 is 0. The van der Waals surface area contributed by atoms with Gasteiger partial charge in [-0.3, -0.25) is 14.7 Å². The molecule has 5 nitrogen and oxygen atoms in total. The monoisotopic (exact) mass is 382 g/mol. The van der Waals surface area contributed by atoms with E-state index in [4.69, 9.17) is 9.97 Å². The Balaban J connectivity index is 0.00000192. The van der Waals surface area contributed by atoms with E-state index in [9.17, 15) is 4.79 Å². The first-order valence-electron chi connectivity index (χ1n) is 10.6. The highest BCUT2D eigenvalue weighted by atomic mass is 16.1. The number of imidazole rings is 1. The molecule has 2 aromatic rings. The Morgan fingerprint density at radius 3 is 2.64 bits per heavy atom. The lowest BCUT2D eigenvalue weighted by molar-refractivity contribution is -0.128. The molecule has 2 aromatic heterocycles. The maximum Gasteiger partial charge on any atom is 0.226 e. The lowest BCUT2D eigenvalue weighted by Crippen LogP contribution is -2.52. The SMILES string of the molecule is C.Cc1ccc2nc(NC(=O)C[C@@H]3CC[C@H]4C[C@@H]3C4(C)C)n(C3CCC3)c2n1. The van der Waals surface area contributed by atoms with Crippen molar-refractivity contribution in [3.63, 3.8) is 0 Å². The second kappa shape index (κ2) is 6.85. The van der Waals surface area contributed by atoms with Crippen LogP contribution in [0.25, 0.3) is 11.2 Å². The molecule has 0 radical (unpaired) electrons. The summed E-state index contributed by atoms with van der Waals surface area (Å²) in [4.78, 5) is 22.3. The third-order valence-electron chi connectivity index (χ3n) is 7.82. The average molecular weight is 383 g/mol. The second-order valence-electron chi connectivity index (χ2n) is 9.64. The van der Waals surface area contributed by atoms with Gasteiger partial charge in [0, 0.05) is 18.2 Å². The molecule has 0 spiro atoms. The molecule has 4 aliphatic rings. The van der Waals surface area contributed by atoms with E-state index in [1.54, 1.807) is 0 Å². The lowest BCUT2D eigenvalue weighted by atomic mass is 9.45. The van der Waals surface area contributed by atoms with Crippen LogP contribution in [-0.4, -0.2) is 20.4 Å². The van der Waals surface area contributed by atoms with Crippen LogP contribution in [0, 0.1) is 30.1 Å². The fraction of sp³-hybridized carbons (Fsp3) is 0.696. The van der Waals surface area contributed by atoms with Crippen LogP contribution in [0.2, 0.25) is 0 Å². The number of carbonyl (C=O) groups excluding carboxylic acids is 1. The van der Waals surface area contributed by atoms with E-state index in [0.29, 0.717) is 35.7 Å². The second-order valence-corrected chi connectivity index (χ2v) is 9.64. The predicted octanol–water partition coefficient (Wildman–Crippen LogP) is 5.50. The molecule has 0 aromatic carbocycles. The molecule has 0 saturated heterocycles. The van der Waals surface area contributed by atoms with E-state index in [1.807, 2.05) is 19.1 Å². The molecule has 6 rings (SSSR count). The van der Waals surface area contributed by atoms with Gasteiger partial charge >= 0.3 is 0 Å². The molecule has 1 amide bonds. The van der Waals surface area contributed by atoms with Gasteiger partial charge in [-0.05, 0) is 80.8 Å². The van der Waals surface area contributed by atoms with Crippen molar-refractivity contribution in [1.29, 1.82) is 0 Å². The average Bonchev–Trinajstić information content (AvgIpc) is 2.90. The molecule has 2 heterocycles. The van der Waals surface area contributed by atoms with Crippen molar-refractivity contribution < 1.29 is 4.79 Å². The number of hydrogen-bond acceptors (Lipinski definition) is 3.